The summed E-state index contributed by atoms with van der Waals surface area (Å²) in [7, 11) is 3.44. The van der Waals surface area contributed by atoms with Crippen molar-refractivity contribution in [1.82, 2.24) is 4.90 Å². The molecule has 0 aromatic rings. The smallest absolute Gasteiger partial charge is 0.189 e. The molecule has 3 heteroatoms. The molecule has 2 N–H and O–H groups in total. The van der Waals surface area contributed by atoms with Crippen molar-refractivity contribution in [2.24, 2.45) is 5.73 Å². The quantitative estimate of drug-likeness (QED) is 0.353. The van der Waals surface area contributed by atoms with Gasteiger partial charge < -0.3 is 15.4 Å². The molecule has 0 aromatic carbocycles. The largest absolute Gasteiger partial charge is 0.482 e. The van der Waals surface area contributed by atoms with Crippen LogP contribution in [0.5, 0.6) is 0 Å². The molecule has 0 atom stereocenters. The van der Waals surface area contributed by atoms with Crippen molar-refractivity contribution in [3.8, 4) is 0 Å². The van der Waals surface area contributed by atoms with Crippen LogP contribution in [0, 0.1) is 0 Å². The summed E-state index contributed by atoms with van der Waals surface area (Å²) < 4.78 is 4.98. The Labute approximate surface area is 61.8 Å². The molecule has 0 aliphatic carbocycles. The standard InChI is InChI=1S/C7H14N2O/c1-4-5-7(10-3)9(2)6-8/h4-5H,1,6,8H2,2-3H3/b7-5+. The number of ether oxygens (including phenoxy) is 1. The van der Waals surface area contributed by atoms with Gasteiger partial charge in [0.05, 0.1) is 13.8 Å². The van der Waals surface area contributed by atoms with Crippen molar-refractivity contribution >= 4 is 0 Å². The maximum atomic E-state index is 5.35. The van der Waals surface area contributed by atoms with Crippen molar-refractivity contribution < 1.29 is 4.74 Å². The van der Waals surface area contributed by atoms with Crippen LogP contribution in [0.2, 0.25) is 0 Å². The van der Waals surface area contributed by atoms with Crippen LogP contribution in [0.1, 0.15) is 0 Å². The lowest BCUT2D eigenvalue weighted by Gasteiger charge is -2.17. The van der Waals surface area contributed by atoms with Gasteiger partial charge in [0.15, 0.2) is 5.88 Å². The van der Waals surface area contributed by atoms with E-state index in [2.05, 4.69) is 6.58 Å². The van der Waals surface area contributed by atoms with E-state index in [-0.39, 0.29) is 0 Å². The summed E-state index contributed by atoms with van der Waals surface area (Å²) in [4.78, 5) is 1.78. The fourth-order valence-electron chi connectivity index (χ4n) is 0.542. The van der Waals surface area contributed by atoms with Crippen molar-refractivity contribution in [1.29, 1.82) is 0 Å². The van der Waals surface area contributed by atoms with Gasteiger partial charge in [-0.05, 0) is 6.08 Å². The Balaban J connectivity index is 4.04. The van der Waals surface area contributed by atoms with Crippen LogP contribution in [0.4, 0.5) is 0 Å². The third-order valence-corrected chi connectivity index (χ3v) is 1.12. The van der Waals surface area contributed by atoms with E-state index in [1.807, 2.05) is 7.05 Å². The molecule has 58 valence electrons. The van der Waals surface area contributed by atoms with E-state index in [9.17, 15) is 0 Å². The Morgan fingerprint density at radius 2 is 2.40 bits per heavy atom. The lowest BCUT2D eigenvalue weighted by molar-refractivity contribution is 0.177. The van der Waals surface area contributed by atoms with Gasteiger partial charge in [-0.15, -0.1) is 0 Å². The van der Waals surface area contributed by atoms with Gasteiger partial charge in [0.1, 0.15) is 0 Å². The predicted molar refractivity (Wildman–Crippen MR) is 42.1 cm³/mol. The normalized spacial score (nSPS) is 10.9. The highest BCUT2D eigenvalue weighted by Gasteiger charge is 1.97. The summed E-state index contributed by atoms with van der Waals surface area (Å²) in [5.74, 6) is 0.720. The lowest BCUT2D eigenvalue weighted by Crippen LogP contribution is -2.25. The number of hydrogen-bond acceptors (Lipinski definition) is 3. The molecule has 0 saturated heterocycles. The van der Waals surface area contributed by atoms with E-state index in [0.29, 0.717) is 6.67 Å². The third-order valence-electron chi connectivity index (χ3n) is 1.12. The molecule has 0 amide bonds. The Hall–Kier alpha value is -0.960. The van der Waals surface area contributed by atoms with Crippen molar-refractivity contribution in [2.45, 2.75) is 0 Å². The van der Waals surface area contributed by atoms with E-state index >= 15 is 0 Å². The van der Waals surface area contributed by atoms with Gasteiger partial charge in [0.2, 0.25) is 0 Å². The molecule has 0 fully saturated rings. The Kier molecular flexibility index (Phi) is 4.41. The highest BCUT2D eigenvalue weighted by Crippen LogP contribution is 1.98. The molecule has 0 unspecified atom stereocenters. The minimum atomic E-state index is 0.438. The van der Waals surface area contributed by atoms with Crippen LogP contribution < -0.4 is 5.73 Å². The van der Waals surface area contributed by atoms with Gasteiger partial charge in [0, 0.05) is 7.05 Å². The lowest BCUT2D eigenvalue weighted by atomic mass is 10.5. The van der Waals surface area contributed by atoms with Gasteiger partial charge in [-0.25, -0.2) is 0 Å². The minimum absolute atomic E-state index is 0.438. The second kappa shape index (κ2) is 4.88. The summed E-state index contributed by atoms with van der Waals surface area (Å²) in [6, 6.07) is 0. The highest BCUT2D eigenvalue weighted by molar-refractivity contribution is 5.02. The topological polar surface area (TPSA) is 38.5 Å². The molecule has 3 nitrogen and oxygen atoms in total. The second-order valence-electron chi connectivity index (χ2n) is 1.83. The van der Waals surface area contributed by atoms with Gasteiger partial charge in [-0.3, -0.25) is 0 Å². The monoisotopic (exact) mass is 142 g/mol. The summed E-state index contributed by atoms with van der Waals surface area (Å²) in [6.45, 7) is 3.98. The maximum Gasteiger partial charge on any atom is 0.189 e. The zero-order valence-electron chi connectivity index (χ0n) is 6.50. The number of methoxy groups -OCH3 is 1. The molecule has 0 aromatic heterocycles. The van der Waals surface area contributed by atoms with Crippen LogP contribution >= 0.6 is 0 Å². The van der Waals surface area contributed by atoms with Gasteiger partial charge >= 0.3 is 0 Å². The van der Waals surface area contributed by atoms with Crippen LogP contribution in [-0.4, -0.2) is 25.7 Å². The molecule has 0 heterocycles. The number of hydrogen-bond donors (Lipinski definition) is 1. The number of nitrogens with two attached hydrogens (primary N) is 1. The van der Waals surface area contributed by atoms with Gasteiger partial charge in [-0.2, -0.15) is 0 Å². The first-order valence-corrected chi connectivity index (χ1v) is 3.04. The second-order valence-corrected chi connectivity index (χ2v) is 1.83. The van der Waals surface area contributed by atoms with Gasteiger partial charge in [-0.1, -0.05) is 12.7 Å². The molecule has 0 bridgehead atoms. The minimum Gasteiger partial charge on any atom is -0.482 e. The van der Waals surface area contributed by atoms with Crippen molar-refractivity contribution in [2.75, 3.05) is 20.8 Å². The zero-order valence-corrected chi connectivity index (χ0v) is 6.50. The molecule has 0 spiro atoms. The molecule has 0 aliphatic rings. The first kappa shape index (κ1) is 9.04. The summed E-state index contributed by atoms with van der Waals surface area (Å²) in [5, 5.41) is 0. The predicted octanol–water partition coefficient (Wildman–Crippen LogP) is 0.508. The molecule has 0 aliphatic heterocycles. The fraction of sp³-hybridized carbons (Fsp3) is 0.429. The van der Waals surface area contributed by atoms with E-state index in [1.165, 1.54) is 0 Å². The average Bonchev–Trinajstić information content (AvgIpc) is 1.99. The maximum absolute atomic E-state index is 5.35. The third kappa shape index (κ3) is 2.55. The Bertz CT molecular complexity index is 132. The number of allylic oxidation sites excluding steroid dienone is 2. The average molecular weight is 142 g/mol. The zero-order chi connectivity index (χ0) is 7.98. The molecule has 0 saturated carbocycles. The number of nitrogens with zero attached hydrogens (tertiary/aromatic N) is 1. The van der Waals surface area contributed by atoms with Crippen molar-refractivity contribution in [3.05, 3.63) is 24.6 Å². The molecule has 0 radical (unpaired) electrons. The number of rotatable bonds is 4. The summed E-state index contributed by atoms with van der Waals surface area (Å²) >= 11 is 0. The Morgan fingerprint density at radius 1 is 1.80 bits per heavy atom. The molecular formula is C7H14N2O. The first-order chi connectivity index (χ1) is 4.76. The van der Waals surface area contributed by atoms with E-state index in [0.717, 1.165) is 5.88 Å². The van der Waals surface area contributed by atoms with Crippen LogP contribution in [0.3, 0.4) is 0 Å². The molecule has 10 heavy (non-hydrogen) atoms. The Morgan fingerprint density at radius 3 is 2.70 bits per heavy atom. The fourth-order valence-corrected chi connectivity index (χ4v) is 0.542. The van der Waals surface area contributed by atoms with Crippen molar-refractivity contribution in [3.63, 3.8) is 0 Å². The highest BCUT2D eigenvalue weighted by atomic mass is 16.5. The SMILES string of the molecule is C=C/C=C(/OC)N(C)CN. The summed E-state index contributed by atoms with van der Waals surface area (Å²) in [5.41, 5.74) is 5.35. The van der Waals surface area contributed by atoms with Crippen LogP contribution in [0.25, 0.3) is 0 Å². The van der Waals surface area contributed by atoms with E-state index < -0.39 is 0 Å². The van der Waals surface area contributed by atoms with Crippen LogP contribution in [-0.2, 0) is 4.74 Å². The van der Waals surface area contributed by atoms with E-state index in [4.69, 9.17) is 10.5 Å². The molecule has 0 rings (SSSR count). The van der Waals surface area contributed by atoms with Crippen LogP contribution in [0.15, 0.2) is 24.6 Å². The summed E-state index contributed by atoms with van der Waals surface area (Å²) in [6.07, 6.45) is 3.41. The molecular weight excluding hydrogens is 128 g/mol. The van der Waals surface area contributed by atoms with Gasteiger partial charge in [0.25, 0.3) is 0 Å². The van der Waals surface area contributed by atoms with E-state index in [1.54, 1.807) is 24.2 Å². The first-order valence-electron chi connectivity index (χ1n) is 3.04.